The number of likely N-dealkylation sites (N-methyl/N-ethyl adjacent to an activating group) is 1. The van der Waals surface area contributed by atoms with Crippen LogP contribution in [0.2, 0.25) is 10.0 Å². The van der Waals surface area contributed by atoms with Crippen LogP contribution in [0.4, 0.5) is 11.4 Å². The van der Waals surface area contributed by atoms with Crippen molar-refractivity contribution in [3.05, 3.63) is 129 Å². The van der Waals surface area contributed by atoms with Gasteiger partial charge in [0.25, 0.3) is 5.91 Å². The Labute approximate surface area is 285 Å². The highest BCUT2D eigenvalue weighted by atomic mass is 35.5. The number of amides is 1. The highest BCUT2D eigenvalue weighted by molar-refractivity contribution is 6.30. The lowest BCUT2D eigenvalue weighted by molar-refractivity contribution is 0.0601. The van der Waals surface area contributed by atoms with Gasteiger partial charge in [-0.05, 0) is 78.4 Å². The van der Waals surface area contributed by atoms with E-state index < -0.39 is 0 Å². The molecule has 0 aliphatic carbocycles. The number of hydrogen-bond donors (Lipinski definition) is 1. The Balaban J connectivity index is 0.000000308. The number of anilines is 2. The lowest BCUT2D eigenvalue weighted by Gasteiger charge is -2.25. The number of nitrogens with zero attached hydrogens (tertiary/aromatic N) is 2. The molecule has 2 unspecified atom stereocenters. The Morgan fingerprint density at radius 1 is 0.913 bits per heavy atom. The summed E-state index contributed by atoms with van der Waals surface area (Å²) in [4.78, 5) is 28.5. The van der Waals surface area contributed by atoms with Crippen LogP contribution in [0.25, 0.3) is 0 Å². The van der Waals surface area contributed by atoms with Crippen LogP contribution in [0, 0.1) is 5.92 Å². The number of carbonyl (C=O) groups excluding carboxylic acids is 2. The quantitative estimate of drug-likeness (QED) is 0.191. The summed E-state index contributed by atoms with van der Waals surface area (Å²) in [6.45, 7) is 3.83. The number of hydrogen-bond acceptors (Lipinski definition) is 5. The fraction of sp³-hybridized carbons (Fsp3) is 0.316. The predicted octanol–water partition coefficient (Wildman–Crippen LogP) is 8.84. The van der Waals surface area contributed by atoms with Gasteiger partial charge in [-0.15, -0.1) is 0 Å². The van der Waals surface area contributed by atoms with Crippen molar-refractivity contribution in [2.45, 2.75) is 40.7 Å². The average molecular weight is 665 g/mol. The normalized spacial score (nSPS) is 14.1. The molecular formula is C38H47Cl2N3O3. The van der Waals surface area contributed by atoms with Gasteiger partial charge in [-0.3, -0.25) is 4.79 Å². The van der Waals surface area contributed by atoms with Gasteiger partial charge >= 0.3 is 5.97 Å². The first kappa shape index (κ1) is 38.2. The summed E-state index contributed by atoms with van der Waals surface area (Å²) >= 11 is 11.8. The van der Waals surface area contributed by atoms with Gasteiger partial charge in [0.05, 0.1) is 30.0 Å². The second-order valence-electron chi connectivity index (χ2n) is 11.2. The highest BCUT2D eigenvalue weighted by Crippen LogP contribution is 2.24. The zero-order valence-corrected chi connectivity index (χ0v) is 27.1. The van der Waals surface area contributed by atoms with E-state index in [1.165, 1.54) is 18.2 Å². The van der Waals surface area contributed by atoms with Crippen LogP contribution in [0.5, 0.6) is 0 Å². The summed E-state index contributed by atoms with van der Waals surface area (Å²) in [5.41, 5.74) is 5.63. The molecule has 1 heterocycles. The van der Waals surface area contributed by atoms with E-state index in [0.717, 1.165) is 52.9 Å². The monoisotopic (exact) mass is 663 g/mol. The molecule has 0 saturated carbocycles. The van der Waals surface area contributed by atoms with Gasteiger partial charge < -0.3 is 19.9 Å². The summed E-state index contributed by atoms with van der Waals surface area (Å²) in [5.74, 6) is 0.124. The summed E-state index contributed by atoms with van der Waals surface area (Å²) in [6, 6.07) is 31.0. The van der Waals surface area contributed by atoms with Crippen molar-refractivity contribution < 1.29 is 14.3 Å². The predicted molar refractivity (Wildman–Crippen MR) is 195 cm³/mol. The molecule has 4 aromatic carbocycles. The number of ether oxygens (including phenoxy) is 1. The molecule has 6 nitrogen and oxygen atoms in total. The summed E-state index contributed by atoms with van der Waals surface area (Å²) in [5, 5.41) is 4.60. The lowest BCUT2D eigenvalue weighted by Crippen LogP contribution is -2.41. The van der Waals surface area contributed by atoms with Crippen molar-refractivity contribution in [3.8, 4) is 0 Å². The van der Waals surface area contributed by atoms with Gasteiger partial charge in [0, 0.05) is 42.9 Å². The third-order valence-electron chi connectivity index (χ3n) is 7.59. The number of halogens is 2. The Morgan fingerprint density at radius 2 is 1.48 bits per heavy atom. The zero-order valence-electron chi connectivity index (χ0n) is 25.6. The molecule has 1 amide bonds. The van der Waals surface area contributed by atoms with Crippen LogP contribution < -0.4 is 15.1 Å². The minimum Gasteiger partial charge on any atom is -0.465 e. The summed E-state index contributed by atoms with van der Waals surface area (Å²) < 4.78 is 4.86. The first-order chi connectivity index (χ1) is 21.1. The Kier molecular flexibility index (Phi) is 15.1. The third kappa shape index (κ3) is 10.5. The number of methoxy groups -OCH3 is 1. The molecule has 2 atom stereocenters. The van der Waals surface area contributed by atoms with Crippen molar-refractivity contribution in [2.24, 2.45) is 5.92 Å². The van der Waals surface area contributed by atoms with Crippen LogP contribution in [-0.2, 0) is 17.6 Å². The maximum absolute atomic E-state index is 12.3. The molecule has 0 aromatic heterocycles. The van der Waals surface area contributed by atoms with E-state index in [0.29, 0.717) is 11.5 Å². The van der Waals surface area contributed by atoms with Gasteiger partial charge in [0.1, 0.15) is 0 Å². The third-order valence-corrected chi connectivity index (χ3v) is 8.09. The molecule has 8 heteroatoms. The smallest absolute Gasteiger partial charge is 0.339 e. The molecule has 0 spiro atoms. The van der Waals surface area contributed by atoms with E-state index in [4.69, 9.17) is 27.9 Å². The number of rotatable bonds is 8. The number of carbonyl (C=O) groups is 2. The minimum atomic E-state index is -0.308. The van der Waals surface area contributed by atoms with E-state index in [9.17, 15) is 9.59 Å². The minimum absolute atomic E-state index is 0. The number of fused-ring (bicyclic) bond motifs is 1. The number of esters is 1. The summed E-state index contributed by atoms with van der Waals surface area (Å²) in [6.07, 6.45) is 1.75. The van der Waals surface area contributed by atoms with Gasteiger partial charge in [-0.2, -0.15) is 0 Å². The number of nitrogens with one attached hydrogen (secondary N) is 1. The first-order valence-corrected chi connectivity index (χ1v) is 15.4. The second-order valence-corrected chi connectivity index (χ2v) is 12.1. The van der Waals surface area contributed by atoms with Crippen molar-refractivity contribution in [1.29, 1.82) is 0 Å². The molecule has 1 N–H and O–H groups in total. The van der Waals surface area contributed by atoms with E-state index in [2.05, 4.69) is 34.2 Å². The van der Waals surface area contributed by atoms with Crippen LogP contribution in [0.1, 0.15) is 53.6 Å². The van der Waals surface area contributed by atoms with Crippen molar-refractivity contribution in [2.75, 3.05) is 44.1 Å². The molecule has 0 bridgehead atoms. The van der Waals surface area contributed by atoms with Crippen LogP contribution in [0.3, 0.4) is 0 Å². The van der Waals surface area contributed by atoms with Gasteiger partial charge in [-0.1, -0.05) is 93.5 Å². The molecule has 4 aromatic rings. The van der Waals surface area contributed by atoms with Crippen molar-refractivity contribution in [3.63, 3.8) is 0 Å². The highest BCUT2D eigenvalue weighted by Gasteiger charge is 2.24. The molecule has 46 heavy (non-hydrogen) atoms. The van der Waals surface area contributed by atoms with E-state index in [1.54, 1.807) is 6.07 Å². The Morgan fingerprint density at radius 3 is 2.11 bits per heavy atom. The number of para-hydroxylation sites is 2. The molecular weight excluding hydrogens is 617 g/mol. The maximum atomic E-state index is 12.3. The van der Waals surface area contributed by atoms with Gasteiger partial charge in [-0.25, -0.2) is 4.79 Å². The largest absolute Gasteiger partial charge is 0.465 e. The zero-order chi connectivity index (χ0) is 31.6. The van der Waals surface area contributed by atoms with Crippen LogP contribution >= 0.6 is 23.2 Å². The Bertz CT molecular complexity index is 1540. The molecule has 5 rings (SSSR count). The number of benzene rings is 4. The van der Waals surface area contributed by atoms with Crippen LogP contribution in [-0.4, -0.2) is 52.2 Å². The molecule has 1 aliphatic heterocycles. The van der Waals surface area contributed by atoms with E-state index in [1.807, 2.05) is 93.0 Å². The Hall–Kier alpha value is -4.00. The van der Waals surface area contributed by atoms with E-state index in [-0.39, 0.29) is 32.8 Å². The lowest BCUT2D eigenvalue weighted by atomic mass is 10.0. The topological polar surface area (TPSA) is 61.9 Å². The molecule has 0 saturated heterocycles. The second kappa shape index (κ2) is 18.2. The van der Waals surface area contributed by atoms with Crippen molar-refractivity contribution >= 4 is 46.5 Å². The molecule has 1 aliphatic rings. The van der Waals surface area contributed by atoms with Crippen LogP contribution in [0.15, 0.2) is 97.1 Å². The molecule has 246 valence electrons. The van der Waals surface area contributed by atoms with E-state index >= 15 is 0 Å². The standard InChI is InChI=1S/C19H22ClNO2.C17H17ClN2O.2CH4/c1-14(12-15-8-10-16(20)11-9-15)13-21(2)18-7-5-4-6-17(18)19(22)23-3;1-20-11-14(10-12-6-8-13(18)9-7-12)19-17(21)15-4-2-3-5-16(15)20;;/h4-11,14H,12-13H2,1-3H3;2-9,14H,10-11H2,1H3,(H,19,21);2*1H4. The fourth-order valence-electron chi connectivity index (χ4n) is 5.50. The van der Waals surface area contributed by atoms with Gasteiger partial charge in [0.15, 0.2) is 0 Å². The first-order valence-electron chi connectivity index (χ1n) is 14.6. The molecule has 0 radical (unpaired) electrons. The molecule has 0 fully saturated rings. The van der Waals surface area contributed by atoms with Gasteiger partial charge in [0.2, 0.25) is 0 Å². The fourth-order valence-corrected chi connectivity index (χ4v) is 5.75. The maximum Gasteiger partial charge on any atom is 0.339 e. The van der Waals surface area contributed by atoms with Crippen molar-refractivity contribution in [1.82, 2.24) is 5.32 Å². The summed E-state index contributed by atoms with van der Waals surface area (Å²) in [7, 11) is 5.43. The average Bonchev–Trinajstić information content (AvgIpc) is 3.14. The SMILES string of the molecule is C.C.CN1CC(Cc2ccc(Cl)cc2)NC(=O)c2ccccc21.COC(=O)c1ccccc1N(C)CC(C)Cc1ccc(Cl)cc1.